The normalized spacial score (nSPS) is 17.5. The van der Waals surface area contributed by atoms with Gasteiger partial charge in [-0.3, -0.25) is 4.79 Å². The summed E-state index contributed by atoms with van der Waals surface area (Å²) in [5.74, 6) is 0.268. The molecule has 1 aromatic rings. The third-order valence-corrected chi connectivity index (χ3v) is 3.48. The Morgan fingerprint density at radius 3 is 2.57 bits per heavy atom. The van der Waals surface area contributed by atoms with Crippen LogP contribution in [0.3, 0.4) is 0 Å². The fraction of sp³-hybridized carbons (Fsp3) is 0.500. The molecule has 0 saturated carbocycles. The quantitative estimate of drug-likeness (QED) is 0.870. The topological polar surface area (TPSA) is 41.6 Å². The Kier molecular flexibility index (Phi) is 4.72. The molecule has 1 amide bonds. The zero-order chi connectivity index (χ0) is 15.5. The van der Waals surface area contributed by atoms with Crippen molar-refractivity contribution in [2.75, 3.05) is 25.5 Å². The molecule has 1 saturated heterocycles. The van der Waals surface area contributed by atoms with Crippen molar-refractivity contribution >= 4 is 12.1 Å². The Morgan fingerprint density at radius 2 is 2.00 bits per heavy atom. The van der Waals surface area contributed by atoms with Crippen molar-refractivity contribution in [1.82, 2.24) is 4.90 Å². The van der Waals surface area contributed by atoms with Gasteiger partial charge in [-0.05, 0) is 38.1 Å². The molecule has 1 aliphatic heterocycles. The van der Waals surface area contributed by atoms with Gasteiger partial charge in [0.2, 0.25) is 6.41 Å². The zero-order valence-corrected chi connectivity index (χ0v) is 11.6. The Morgan fingerprint density at radius 1 is 1.33 bits per heavy atom. The van der Waals surface area contributed by atoms with Gasteiger partial charge in [0.15, 0.2) is 0 Å². The third-order valence-electron chi connectivity index (χ3n) is 3.48. The summed E-state index contributed by atoms with van der Waals surface area (Å²) in [5, 5.41) is 2.27. The molecule has 1 N–H and O–H groups in total. The maximum Gasteiger partial charge on any atom is 0.416 e. The van der Waals surface area contributed by atoms with Crippen LogP contribution in [0.2, 0.25) is 0 Å². The van der Waals surface area contributed by atoms with Gasteiger partial charge in [0.05, 0.1) is 11.3 Å². The lowest BCUT2D eigenvalue weighted by molar-refractivity contribution is -0.137. The second-order valence-electron chi connectivity index (χ2n) is 5.09. The second-order valence-corrected chi connectivity index (χ2v) is 5.09. The van der Waals surface area contributed by atoms with Gasteiger partial charge in [-0.1, -0.05) is 0 Å². The molecule has 2 rings (SSSR count). The van der Waals surface area contributed by atoms with Crippen molar-refractivity contribution in [2.24, 2.45) is 0 Å². The zero-order valence-electron chi connectivity index (χ0n) is 11.6. The van der Waals surface area contributed by atoms with E-state index in [9.17, 15) is 18.0 Å². The van der Waals surface area contributed by atoms with Gasteiger partial charge in [-0.25, -0.2) is 0 Å². The van der Waals surface area contributed by atoms with Crippen LogP contribution in [0.5, 0.6) is 5.75 Å². The number of alkyl halides is 3. The van der Waals surface area contributed by atoms with E-state index in [2.05, 4.69) is 10.2 Å². The van der Waals surface area contributed by atoms with Crippen LogP contribution in [-0.4, -0.2) is 37.6 Å². The summed E-state index contributed by atoms with van der Waals surface area (Å²) in [6, 6.07) is 3.10. The van der Waals surface area contributed by atoms with E-state index in [1.54, 1.807) is 0 Å². The minimum absolute atomic E-state index is 0.0405. The first-order chi connectivity index (χ1) is 9.90. The summed E-state index contributed by atoms with van der Waals surface area (Å²) in [4.78, 5) is 12.7. The number of amides is 1. The van der Waals surface area contributed by atoms with E-state index < -0.39 is 11.7 Å². The van der Waals surface area contributed by atoms with Gasteiger partial charge >= 0.3 is 6.18 Å². The van der Waals surface area contributed by atoms with Crippen LogP contribution in [-0.2, 0) is 11.0 Å². The summed E-state index contributed by atoms with van der Waals surface area (Å²) in [7, 11) is 2.01. The monoisotopic (exact) mass is 302 g/mol. The minimum atomic E-state index is -4.45. The van der Waals surface area contributed by atoms with Crippen molar-refractivity contribution < 1.29 is 22.7 Å². The number of carbonyl (C=O) groups is 1. The maximum atomic E-state index is 12.7. The first kappa shape index (κ1) is 15.6. The SMILES string of the molecule is CN1CCC(Oc2ccc(C(F)(F)F)cc2NC=O)CC1. The molecule has 21 heavy (non-hydrogen) atoms. The number of anilines is 1. The predicted octanol–water partition coefficient (Wildman–Crippen LogP) is 2.75. The summed E-state index contributed by atoms with van der Waals surface area (Å²) in [6.45, 7) is 1.75. The van der Waals surface area contributed by atoms with Gasteiger partial charge in [-0.15, -0.1) is 0 Å². The molecule has 0 aromatic heterocycles. The van der Waals surface area contributed by atoms with Gasteiger partial charge in [0.25, 0.3) is 0 Å². The van der Waals surface area contributed by atoms with Crippen LogP contribution in [0.1, 0.15) is 18.4 Å². The van der Waals surface area contributed by atoms with Gasteiger partial charge in [0.1, 0.15) is 11.9 Å². The Bertz CT molecular complexity index is 497. The Balaban J connectivity index is 2.16. The number of hydrogen-bond acceptors (Lipinski definition) is 3. The van der Waals surface area contributed by atoms with Crippen molar-refractivity contribution in [3.05, 3.63) is 23.8 Å². The maximum absolute atomic E-state index is 12.7. The molecule has 1 aliphatic rings. The number of nitrogens with one attached hydrogen (secondary N) is 1. The number of carbonyl (C=O) groups excluding carboxylic acids is 1. The molecule has 0 radical (unpaired) electrons. The molecule has 0 spiro atoms. The van der Waals surface area contributed by atoms with Crippen molar-refractivity contribution in [3.8, 4) is 5.75 Å². The molecule has 4 nitrogen and oxygen atoms in total. The highest BCUT2D eigenvalue weighted by Crippen LogP contribution is 2.35. The highest BCUT2D eigenvalue weighted by Gasteiger charge is 2.31. The minimum Gasteiger partial charge on any atom is -0.488 e. The van der Waals surface area contributed by atoms with Crippen molar-refractivity contribution in [3.63, 3.8) is 0 Å². The predicted molar refractivity (Wildman–Crippen MR) is 72.3 cm³/mol. The fourth-order valence-electron chi connectivity index (χ4n) is 2.27. The average molecular weight is 302 g/mol. The van der Waals surface area contributed by atoms with Crippen LogP contribution in [0, 0.1) is 0 Å². The standard InChI is InChI=1S/C14H17F3N2O2/c1-19-6-4-11(5-7-19)21-13-3-2-10(14(15,16)17)8-12(13)18-9-20/h2-3,8-9,11H,4-7H2,1H3,(H,18,20). The number of nitrogens with zero attached hydrogens (tertiary/aromatic N) is 1. The molecule has 0 atom stereocenters. The Labute approximate surface area is 120 Å². The lowest BCUT2D eigenvalue weighted by Crippen LogP contribution is -2.35. The summed E-state index contributed by atoms with van der Waals surface area (Å²) in [6.07, 6.45) is -2.55. The van der Waals surface area contributed by atoms with E-state index in [1.807, 2.05) is 7.05 Å². The average Bonchev–Trinajstić information content (AvgIpc) is 2.42. The van der Waals surface area contributed by atoms with Crippen LogP contribution < -0.4 is 10.1 Å². The lowest BCUT2D eigenvalue weighted by Gasteiger charge is -2.30. The van der Waals surface area contributed by atoms with E-state index in [0.717, 1.165) is 38.1 Å². The van der Waals surface area contributed by atoms with E-state index in [-0.39, 0.29) is 17.5 Å². The number of halogens is 3. The third kappa shape index (κ3) is 4.10. The summed E-state index contributed by atoms with van der Waals surface area (Å²) < 4.78 is 43.8. The largest absolute Gasteiger partial charge is 0.488 e. The van der Waals surface area contributed by atoms with E-state index >= 15 is 0 Å². The van der Waals surface area contributed by atoms with Crippen LogP contribution in [0.15, 0.2) is 18.2 Å². The fourth-order valence-corrected chi connectivity index (χ4v) is 2.27. The molecular weight excluding hydrogens is 285 g/mol. The summed E-state index contributed by atoms with van der Waals surface area (Å²) in [5.41, 5.74) is -0.777. The molecule has 0 unspecified atom stereocenters. The van der Waals surface area contributed by atoms with Crippen LogP contribution in [0.25, 0.3) is 0 Å². The molecule has 116 valence electrons. The van der Waals surface area contributed by atoms with Crippen LogP contribution in [0.4, 0.5) is 18.9 Å². The molecule has 7 heteroatoms. The van der Waals surface area contributed by atoms with Gasteiger partial charge in [0, 0.05) is 13.1 Å². The first-order valence-electron chi connectivity index (χ1n) is 6.67. The Hall–Kier alpha value is -1.76. The number of hydrogen-bond donors (Lipinski definition) is 1. The van der Waals surface area contributed by atoms with Crippen molar-refractivity contribution in [1.29, 1.82) is 0 Å². The van der Waals surface area contributed by atoms with Crippen molar-refractivity contribution in [2.45, 2.75) is 25.1 Å². The smallest absolute Gasteiger partial charge is 0.416 e. The highest BCUT2D eigenvalue weighted by molar-refractivity contribution is 5.76. The molecule has 1 heterocycles. The first-order valence-corrected chi connectivity index (χ1v) is 6.67. The van der Waals surface area contributed by atoms with Crippen LogP contribution >= 0.6 is 0 Å². The molecule has 1 aromatic carbocycles. The second kappa shape index (κ2) is 6.34. The molecule has 0 bridgehead atoms. The molecular formula is C14H17F3N2O2. The summed E-state index contributed by atoms with van der Waals surface area (Å²) >= 11 is 0. The van der Waals surface area contributed by atoms with Gasteiger partial charge < -0.3 is 15.0 Å². The van der Waals surface area contributed by atoms with E-state index in [0.29, 0.717) is 6.41 Å². The number of likely N-dealkylation sites (tertiary alicyclic amines) is 1. The highest BCUT2D eigenvalue weighted by atomic mass is 19.4. The number of rotatable bonds is 4. The molecule has 0 aliphatic carbocycles. The molecule has 1 fully saturated rings. The van der Waals surface area contributed by atoms with E-state index in [4.69, 9.17) is 4.74 Å². The number of ether oxygens (including phenoxy) is 1. The number of benzene rings is 1. The number of piperidine rings is 1. The van der Waals surface area contributed by atoms with Gasteiger partial charge in [-0.2, -0.15) is 13.2 Å². The van der Waals surface area contributed by atoms with E-state index in [1.165, 1.54) is 6.07 Å². The lowest BCUT2D eigenvalue weighted by atomic mass is 10.1.